The van der Waals surface area contributed by atoms with Gasteiger partial charge in [0.1, 0.15) is 24.6 Å². The fourth-order valence-corrected chi connectivity index (χ4v) is 3.44. The van der Waals surface area contributed by atoms with Crippen molar-refractivity contribution in [3.63, 3.8) is 0 Å². The Hall–Kier alpha value is -2.64. The molecule has 6 N–H and O–H groups in total. The second kappa shape index (κ2) is 7.17. The number of hydrogen-bond donors (Lipinski definition) is 5. The summed E-state index contributed by atoms with van der Waals surface area (Å²) < 4.78 is 7.04. The van der Waals surface area contributed by atoms with Crippen LogP contribution in [0.5, 0.6) is 0 Å². The molecule has 0 amide bonds. The van der Waals surface area contributed by atoms with Gasteiger partial charge in [-0.25, -0.2) is 20.4 Å². The number of ether oxygens (including phenoxy) is 1. The lowest BCUT2D eigenvalue weighted by Crippen LogP contribution is -2.33. The molecule has 0 bridgehead atoms. The second-order valence-electron chi connectivity index (χ2n) is 5.85. The summed E-state index contributed by atoms with van der Waals surface area (Å²) in [5.41, 5.74) is 9.25. The third-order valence-corrected chi connectivity index (χ3v) is 4.98. The number of anilines is 2. The summed E-state index contributed by atoms with van der Waals surface area (Å²) in [6.07, 6.45) is -1.69. The molecule has 4 heterocycles. The number of nitrogen functional groups attached to an aromatic ring is 1. The Morgan fingerprint density at radius 2 is 2.22 bits per heavy atom. The first kappa shape index (κ1) is 17.8. The quantitative estimate of drug-likeness (QED) is 0.285. The summed E-state index contributed by atoms with van der Waals surface area (Å²) in [7, 11) is 0. The number of aromatic nitrogens is 4. The summed E-state index contributed by atoms with van der Waals surface area (Å²) >= 11 is 1.51. The van der Waals surface area contributed by atoms with E-state index in [-0.39, 0.29) is 11.8 Å². The van der Waals surface area contributed by atoms with E-state index in [0.717, 1.165) is 4.88 Å². The van der Waals surface area contributed by atoms with Crippen LogP contribution in [-0.2, 0) is 4.74 Å². The standard InChI is InChI=1S/C15H17N7O4S/c16-12-9-13(18-6-17-12)22(14-11(25)10(24)8(5-23)26-14)15(20-9)21-19-4-7-2-1-3-27-7/h1-4,6,8,10-11,14,23-25H,5H2,(H,20,21)(H2,16,17,18)/t8-,10+,11-,14-/m0/s1. The predicted molar refractivity (Wildman–Crippen MR) is 98.3 cm³/mol. The number of aliphatic hydroxyl groups is 3. The van der Waals surface area contributed by atoms with E-state index in [0.29, 0.717) is 11.2 Å². The van der Waals surface area contributed by atoms with E-state index in [1.807, 2.05) is 17.5 Å². The fraction of sp³-hybridized carbons (Fsp3) is 0.333. The van der Waals surface area contributed by atoms with Gasteiger partial charge in [-0.15, -0.1) is 11.3 Å². The van der Waals surface area contributed by atoms with Crippen molar-refractivity contribution in [2.75, 3.05) is 17.8 Å². The molecule has 142 valence electrons. The summed E-state index contributed by atoms with van der Waals surface area (Å²) in [4.78, 5) is 13.3. The van der Waals surface area contributed by atoms with Crippen molar-refractivity contribution >= 4 is 40.5 Å². The Labute approximate surface area is 156 Å². The summed E-state index contributed by atoms with van der Waals surface area (Å²) in [5.74, 6) is 0.343. The third kappa shape index (κ3) is 3.13. The predicted octanol–water partition coefficient (Wildman–Crippen LogP) is -0.473. The zero-order valence-electron chi connectivity index (χ0n) is 13.9. The molecule has 11 nitrogen and oxygen atoms in total. The third-order valence-electron chi connectivity index (χ3n) is 4.18. The van der Waals surface area contributed by atoms with Crippen LogP contribution >= 0.6 is 11.3 Å². The van der Waals surface area contributed by atoms with E-state index in [9.17, 15) is 15.3 Å². The van der Waals surface area contributed by atoms with Crippen LogP contribution < -0.4 is 11.2 Å². The van der Waals surface area contributed by atoms with Crippen molar-refractivity contribution in [1.29, 1.82) is 0 Å². The van der Waals surface area contributed by atoms with Gasteiger partial charge in [0.2, 0.25) is 5.95 Å². The Balaban J connectivity index is 1.74. The number of hydrazone groups is 1. The highest BCUT2D eigenvalue weighted by molar-refractivity contribution is 7.11. The molecule has 0 aliphatic carbocycles. The first-order valence-corrected chi connectivity index (χ1v) is 8.91. The Kier molecular flexibility index (Phi) is 4.72. The molecule has 27 heavy (non-hydrogen) atoms. The highest BCUT2D eigenvalue weighted by atomic mass is 32.1. The zero-order valence-corrected chi connectivity index (χ0v) is 14.7. The van der Waals surface area contributed by atoms with Crippen LogP contribution in [-0.4, -0.2) is 66.0 Å². The fourth-order valence-electron chi connectivity index (χ4n) is 2.86. The molecule has 0 spiro atoms. The van der Waals surface area contributed by atoms with Crippen molar-refractivity contribution < 1.29 is 20.1 Å². The molecule has 0 radical (unpaired) electrons. The van der Waals surface area contributed by atoms with Gasteiger partial charge in [0.25, 0.3) is 0 Å². The molecular formula is C15H17N7O4S. The van der Waals surface area contributed by atoms with E-state index in [4.69, 9.17) is 10.5 Å². The summed E-state index contributed by atoms with van der Waals surface area (Å²) in [5, 5.41) is 35.9. The van der Waals surface area contributed by atoms with Crippen LogP contribution in [0.4, 0.5) is 11.8 Å². The van der Waals surface area contributed by atoms with Crippen molar-refractivity contribution in [1.82, 2.24) is 19.5 Å². The van der Waals surface area contributed by atoms with Crippen molar-refractivity contribution in [2.24, 2.45) is 5.10 Å². The Morgan fingerprint density at radius 3 is 2.93 bits per heavy atom. The lowest BCUT2D eigenvalue weighted by Gasteiger charge is -2.18. The summed E-state index contributed by atoms with van der Waals surface area (Å²) in [6.45, 7) is -0.447. The number of rotatable bonds is 5. The molecule has 1 fully saturated rings. The van der Waals surface area contributed by atoms with E-state index < -0.39 is 31.1 Å². The average Bonchev–Trinajstić information content (AvgIpc) is 3.36. The normalized spacial score (nSPS) is 25.6. The minimum Gasteiger partial charge on any atom is -0.394 e. The lowest BCUT2D eigenvalue weighted by molar-refractivity contribution is -0.0501. The lowest BCUT2D eigenvalue weighted by atomic mass is 10.1. The number of nitrogens with zero attached hydrogens (tertiary/aromatic N) is 5. The van der Waals surface area contributed by atoms with Crippen LogP contribution in [0.25, 0.3) is 11.2 Å². The molecule has 3 aromatic rings. The van der Waals surface area contributed by atoms with Gasteiger partial charge in [-0.05, 0) is 11.4 Å². The number of nitrogens with one attached hydrogen (secondary N) is 1. The minimum absolute atomic E-state index is 0.149. The first-order chi connectivity index (χ1) is 13.1. The maximum Gasteiger partial charge on any atom is 0.228 e. The van der Waals surface area contributed by atoms with Crippen molar-refractivity contribution in [3.05, 3.63) is 28.7 Å². The van der Waals surface area contributed by atoms with Gasteiger partial charge in [0.05, 0.1) is 12.8 Å². The summed E-state index contributed by atoms with van der Waals surface area (Å²) in [6, 6.07) is 3.80. The molecule has 4 rings (SSSR count). The maximum absolute atomic E-state index is 10.4. The van der Waals surface area contributed by atoms with Crippen LogP contribution in [0.15, 0.2) is 28.9 Å². The molecule has 12 heteroatoms. The maximum atomic E-state index is 10.4. The van der Waals surface area contributed by atoms with Crippen LogP contribution in [0.2, 0.25) is 0 Å². The highest BCUT2D eigenvalue weighted by Crippen LogP contribution is 2.35. The molecule has 3 aromatic heterocycles. The minimum atomic E-state index is -1.31. The molecule has 1 aliphatic rings. The van der Waals surface area contributed by atoms with Gasteiger partial charge in [-0.1, -0.05) is 6.07 Å². The number of imidazole rings is 1. The van der Waals surface area contributed by atoms with E-state index in [2.05, 4.69) is 25.5 Å². The molecule has 0 saturated carbocycles. The number of nitrogens with two attached hydrogens (primary N) is 1. The van der Waals surface area contributed by atoms with E-state index >= 15 is 0 Å². The topological polar surface area (TPSA) is 164 Å². The second-order valence-corrected chi connectivity index (χ2v) is 6.83. The zero-order chi connectivity index (χ0) is 19.0. The van der Waals surface area contributed by atoms with Gasteiger partial charge < -0.3 is 25.8 Å². The van der Waals surface area contributed by atoms with Crippen LogP contribution in [0.3, 0.4) is 0 Å². The van der Waals surface area contributed by atoms with Gasteiger partial charge in [-0.2, -0.15) is 5.10 Å². The smallest absolute Gasteiger partial charge is 0.228 e. The van der Waals surface area contributed by atoms with Crippen LogP contribution in [0.1, 0.15) is 11.1 Å². The molecule has 1 aliphatic heterocycles. The van der Waals surface area contributed by atoms with Crippen LogP contribution in [0, 0.1) is 0 Å². The largest absolute Gasteiger partial charge is 0.394 e. The monoisotopic (exact) mass is 391 g/mol. The molecule has 4 atom stereocenters. The first-order valence-electron chi connectivity index (χ1n) is 8.03. The number of thiophene rings is 1. The highest BCUT2D eigenvalue weighted by Gasteiger charge is 2.45. The Morgan fingerprint density at radius 1 is 1.37 bits per heavy atom. The van der Waals surface area contributed by atoms with Gasteiger partial charge in [0, 0.05) is 4.88 Å². The average molecular weight is 391 g/mol. The van der Waals surface area contributed by atoms with E-state index in [1.54, 1.807) is 6.21 Å². The number of fused-ring (bicyclic) bond motifs is 1. The van der Waals surface area contributed by atoms with Crippen molar-refractivity contribution in [3.8, 4) is 0 Å². The van der Waals surface area contributed by atoms with Gasteiger partial charge in [-0.3, -0.25) is 4.57 Å². The molecule has 0 unspecified atom stereocenters. The van der Waals surface area contributed by atoms with E-state index in [1.165, 1.54) is 22.2 Å². The SMILES string of the molecule is Nc1ncnc2c1nc(NN=Cc1cccs1)n2[C@H]1O[C@@H](CO)[C@@H](O)[C@@H]1O. The number of hydrogen-bond acceptors (Lipinski definition) is 11. The molecule has 1 saturated heterocycles. The van der Waals surface area contributed by atoms with Crippen molar-refractivity contribution in [2.45, 2.75) is 24.5 Å². The van der Waals surface area contributed by atoms with Gasteiger partial charge in [0.15, 0.2) is 23.2 Å². The Bertz CT molecular complexity index is 961. The number of aliphatic hydroxyl groups excluding tert-OH is 3. The molecular weight excluding hydrogens is 374 g/mol. The molecule has 0 aromatic carbocycles. The van der Waals surface area contributed by atoms with Gasteiger partial charge >= 0.3 is 0 Å².